The van der Waals surface area contributed by atoms with Crippen LogP contribution in [-0.4, -0.2) is 26.5 Å². The van der Waals surface area contributed by atoms with E-state index in [9.17, 15) is 22.8 Å². The van der Waals surface area contributed by atoms with Gasteiger partial charge in [0.1, 0.15) is 4.90 Å². The van der Waals surface area contributed by atoms with Crippen LogP contribution in [0.4, 0.5) is 48.5 Å². The molecular weight excluding hydrogens is 608 g/mol. The quantitative estimate of drug-likeness (QED) is 0.0923. The molecule has 0 aliphatic rings. The summed E-state index contributed by atoms with van der Waals surface area (Å²) < 4.78 is 32.3. The molecule has 6 amide bonds. The van der Waals surface area contributed by atoms with Crippen LogP contribution in [0.25, 0.3) is 0 Å². The Bertz CT molecular complexity index is 1940. The van der Waals surface area contributed by atoms with E-state index in [0.29, 0.717) is 17.1 Å². The molecule has 46 heavy (non-hydrogen) atoms. The fraction of sp³-hybridized carbons (Fsp3) is 0. The Labute approximate surface area is 264 Å². The van der Waals surface area contributed by atoms with Crippen molar-refractivity contribution in [2.75, 3.05) is 31.9 Å². The van der Waals surface area contributed by atoms with E-state index in [1.165, 1.54) is 24.3 Å². The van der Waals surface area contributed by atoms with Crippen molar-refractivity contribution in [1.82, 2.24) is 0 Å². The molecule has 232 valence electrons. The summed E-state index contributed by atoms with van der Waals surface area (Å²) in [5, 5.41) is 15.8. The lowest BCUT2D eigenvalue weighted by atomic mass is 10.2. The third-order valence-corrected chi connectivity index (χ3v) is 7.44. The van der Waals surface area contributed by atoms with Gasteiger partial charge >= 0.3 is 28.2 Å². The average Bonchev–Trinajstić information content (AvgIpc) is 3.04. The van der Waals surface area contributed by atoms with Crippen molar-refractivity contribution in [2.45, 2.75) is 4.90 Å². The molecule has 0 saturated heterocycles. The number of para-hydroxylation sites is 5. The van der Waals surface area contributed by atoms with Gasteiger partial charge in [-0.3, -0.25) is 0 Å². The molecule has 0 aliphatic carbocycles. The van der Waals surface area contributed by atoms with E-state index in [2.05, 4.69) is 31.9 Å². The molecule has 0 fully saturated rings. The first-order chi connectivity index (χ1) is 22.2. The largest absolute Gasteiger partial charge is 0.377 e. The number of anilines is 6. The number of rotatable bonds is 9. The van der Waals surface area contributed by atoms with Crippen molar-refractivity contribution in [3.63, 3.8) is 0 Å². The zero-order valence-corrected chi connectivity index (χ0v) is 24.9. The maximum Gasteiger partial charge on any atom is 0.339 e. The normalized spacial score (nSPS) is 10.6. The number of hydrogen-bond donors (Lipinski definition) is 6. The number of benzene rings is 5. The van der Waals surface area contributed by atoms with Gasteiger partial charge in [-0.05, 0) is 66.7 Å². The Hall–Kier alpha value is -6.34. The monoisotopic (exact) mass is 636 g/mol. The van der Waals surface area contributed by atoms with Crippen LogP contribution in [0, 0.1) is 0 Å². The third kappa shape index (κ3) is 8.61. The molecule has 5 aromatic carbocycles. The molecular formula is C33H28N6O6S. The van der Waals surface area contributed by atoms with Gasteiger partial charge in [-0.25, -0.2) is 14.4 Å². The van der Waals surface area contributed by atoms with Crippen molar-refractivity contribution >= 4 is 62.3 Å². The number of nitrogens with one attached hydrogen (secondary N) is 6. The van der Waals surface area contributed by atoms with E-state index < -0.39 is 28.2 Å². The van der Waals surface area contributed by atoms with Crippen LogP contribution in [-0.2, 0) is 10.1 Å². The van der Waals surface area contributed by atoms with Gasteiger partial charge in [0, 0.05) is 17.1 Å². The second-order valence-electron chi connectivity index (χ2n) is 9.58. The van der Waals surface area contributed by atoms with E-state index in [-0.39, 0.29) is 27.7 Å². The van der Waals surface area contributed by atoms with E-state index in [1.807, 2.05) is 0 Å². The van der Waals surface area contributed by atoms with Crippen LogP contribution >= 0.6 is 0 Å². The lowest BCUT2D eigenvalue weighted by Gasteiger charge is -2.16. The molecule has 0 unspecified atom stereocenters. The summed E-state index contributed by atoms with van der Waals surface area (Å²) >= 11 is 0. The molecule has 0 aliphatic heterocycles. The third-order valence-electron chi connectivity index (χ3n) is 6.21. The van der Waals surface area contributed by atoms with Gasteiger partial charge in [-0.1, -0.05) is 66.7 Å². The zero-order valence-electron chi connectivity index (χ0n) is 24.1. The van der Waals surface area contributed by atoms with Crippen LogP contribution in [0.3, 0.4) is 0 Å². The summed E-state index contributed by atoms with van der Waals surface area (Å²) in [6.45, 7) is 0. The van der Waals surface area contributed by atoms with E-state index in [1.54, 1.807) is 103 Å². The lowest BCUT2D eigenvalue weighted by molar-refractivity contribution is 0.261. The number of urea groups is 3. The van der Waals surface area contributed by atoms with Crippen LogP contribution < -0.4 is 36.1 Å². The highest BCUT2D eigenvalue weighted by atomic mass is 32.2. The second-order valence-corrected chi connectivity index (χ2v) is 11.1. The van der Waals surface area contributed by atoms with Crippen molar-refractivity contribution in [3.05, 3.63) is 133 Å². The molecule has 5 aromatic rings. The first-order valence-corrected chi connectivity index (χ1v) is 15.2. The molecule has 0 heterocycles. The summed E-state index contributed by atoms with van der Waals surface area (Å²) in [5.74, 6) is -0.147. The highest BCUT2D eigenvalue weighted by Gasteiger charge is 2.22. The number of amides is 6. The van der Waals surface area contributed by atoms with Crippen LogP contribution in [0.5, 0.6) is 5.75 Å². The van der Waals surface area contributed by atoms with E-state index in [4.69, 9.17) is 4.18 Å². The summed E-state index contributed by atoms with van der Waals surface area (Å²) in [6, 6.07) is 33.7. The Morgan fingerprint density at radius 1 is 0.435 bits per heavy atom. The van der Waals surface area contributed by atoms with Gasteiger partial charge in [0.25, 0.3) is 0 Å². The number of carbonyl (C=O) groups excluding carboxylic acids is 3. The van der Waals surface area contributed by atoms with Crippen molar-refractivity contribution in [1.29, 1.82) is 0 Å². The number of hydrogen-bond acceptors (Lipinski definition) is 6. The number of carbonyl (C=O) groups is 3. The maximum atomic E-state index is 13.5. The molecule has 0 bridgehead atoms. The van der Waals surface area contributed by atoms with Gasteiger partial charge < -0.3 is 36.1 Å². The zero-order chi connectivity index (χ0) is 32.4. The SMILES string of the molecule is O=C(Nc1ccccc1)Nc1ccc(S(=O)(=O)Oc2ccccc2NC(=O)Nc2ccccc2)cc1NC(=O)Nc1ccccc1. The van der Waals surface area contributed by atoms with E-state index in [0.717, 1.165) is 6.07 Å². The molecule has 5 rings (SSSR count). The highest BCUT2D eigenvalue weighted by Crippen LogP contribution is 2.31. The lowest BCUT2D eigenvalue weighted by Crippen LogP contribution is -2.24. The molecule has 0 saturated carbocycles. The summed E-state index contributed by atoms with van der Waals surface area (Å²) in [7, 11) is -4.51. The fourth-order valence-electron chi connectivity index (χ4n) is 4.12. The smallest absolute Gasteiger partial charge is 0.339 e. The fourth-order valence-corrected chi connectivity index (χ4v) is 5.09. The second kappa shape index (κ2) is 14.4. The highest BCUT2D eigenvalue weighted by molar-refractivity contribution is 7.87. The predicted octanol–water partition coefficient (Wildman–Crippen LogP) is 7.39. The minimum absolute atomic E-state index is 0.0324. The van der Waals surface area contributed by atoms with E-state index >= 15 is 0 Å². The topological polar surface area (TPSA) is 167 Å². The molecule has 0 aromatic heterocycles. The predicted molar refractivity (Wildman–Crippen MR) is 178 cm³/mol. The Kier molecular flexibility index (Phi) is 9.75. The Morgan fingerprint density at radius 3 is 1.35 bits per heavy atom. The van der Waals surface area contributed by atoms with Crippen molar-refractivity contribution < 1.29 is 27.0 Å². The first-order valence-electron chi connectivity index (χ1n) is 13.8. The molecule has 13 heteroatoms. The van der Waals surface area contributed by atoms with Crippen molar-refractivity contribution in [2.24, 2.45) is 0 Å². The van der Waals surface area contributed by atoms with Gasteiger partial charge in [0.05, 0.1) is 17.1 Å². The standard InChI is InChI=1S/C33H28N6O6S/c40-31(34-23-12-4-1-5-13-23)37-27-21-20-26(22-29(27)39-33(42)36-25-16-8-3-9-17-25)46(43,44)45-30-19-11-10-18-28(30)38-32(41)35-24-14-6-2-7-15-24/h1-22H,(H2,34,37,40)(H2,35,38,41)(H2,36,39,42). The first kappa shape index (κ1) is 31.1. The van der Waals surface area contributed by atoms with Gasteiger partial charge in [-0.2, -0.15) is 8.42 Å². The summed E-state index contributed by atoms with van der Waals surface area (Å²) in [6.07, 6.45) is 0. The molecule has 0 spiro atoms. The maximum absolute atomic E-state index is 13.5. The van der Waals surface area contributed by atoms with Crippen molar-refractivity contribution in [3.8, 4) is 5.75 Å². The Balaban J connectivity index is 1.37. The van der Waals surface area contributed by atoms with Gasteiger partial charge in [0.2, 0.25) is 0 Å². The molecule has 6 N–H and O–H groups in total. The van der Waals surface area contributed by atoms with Crippen LogP contribution in [0.2, 0.25) is 0 Å². The van der Waals surface area contributed by atoms with Gasteiger partial charge in [-0.15, -0.1) is 0 Å². The molecule has 0 radical (unpaired) electrons. The molecule has 12 nitrogen and oxygen atoms in total. The summed E-state index contributed by atoms with van der Waals surface area (Å²) in [5.41, 5.74) is 1.71. The summed E-state index contributed by atoms with van der Waals surface area (Å²) in [4.78, 5) is 37.8. The molecule has 0 atom stereocenters. The Morgan fingerprint density at radius 2 is 0.848 bits per heavy atom. The van der Waals surface area contributed by atoms with Gasteiger partial charge in [0.15, 0.2) is 5.75 Å². The average molecular weight is 637 g/mol. The van der Waals surface area contributed by atoms with Crippen LogP contribution in [0.15, 0.2) is 138 Å². The minimum Gasteiger partial charge on any atom is -0.377 e. The minimum atomic E-state index is -4.51. The van der Waals surface area contributed by atoms with Crippen LogP contribution in [0.1, 0.15) is 0 Å².